The van der Waals surface area contributed by atoms with Gasteiger partial charge in [0.15, 0.2) is 5.82 Å². The summed E-state index contributed by atoms with van der Waals surface area (Å²) in [4.78, 5) is 34.6. The topological polar surface area (TPSA) is 133 Å². The molecule has 1 aromatic carbocycles. The van der Waals surface area contributed by atoms with Gasteiger partial charge in [0.25, 0.3) is 5.88 Å². The van der Waals surface area contributed by atoms with Gasteiger partial charge in [-0.3, -0.25) is 4.79 Å². The SMILES string of the molecule is COc1ccc(F)c(OC[C@H]2CC[C@@H](C)N2c2cc3c(cc2F)c(=O)c(C(=O)O)cn3-c2ccnc(N)c2)n1. The first-order valence-corrected chi connectivity index (χ1v) is 12.1. The van der Waals surface area contributed by atoms with Crippen LogP contribution < -0.4 is 25.5 Å². The van der Waals surface area contributed by atoms with Crippen LogP contribution in [0.3, 0.4) is 0 Å². The molecule has 1 fully saturated rings. The zero-order valence-corrected chi connectivity index (χ0v) is 21.1. The summed E-state index contributed by atoms with van der Waals surface area (Å²) in [6, 6.07) is 7.79. The zero-order chi connectivity index (χ0) is 27.8. The maximum Gasteiger partial charge on any atom is 0.341 e. The van der Waals surface area contributed by atoms with Crippen molar-refractivity contribution < 1.29 is 28.2 Å². The molecule has 0 aliphatic carbocycles. The fraction of sp³-hybridized carbons (Fsp3) is 0.259. The predicted molar refractivity (Wildman–Crippen MR) is 140 cm³/mol. The van der Waals surface area contributed by atoms with Gasteiger partial charge in [0.05, 0.1) is 30.0 Å². The van der Waals surface area contributed by atoms with Crippen LogP contribution >= 0.6 is 0 Å². The molecule has 3 aromatic heterocycles. The molecule has 1 aliphatic rings. The monoisotopic (exact) mass is 537 g/mol. The normalized spacial score (nSPS) is 17.0. The lowest BCUT2D eigenvalue weighted by atomic mass is 10.1. The number of nitrogens with zero attached hydrogens (tertiary/aromatic N) is 4. The number of methoxy groups -OCH3 is 1. The number of ether oxygens (including phenoxy) is 2. The number of carboxylic acids is 1. The molecule has 5 rings (SSSR count). The Morgan fingerprint density at radius 3 is 2.69 bits per heavy atom. The maximum absolute atomic E-state index is 15.7. The molecule has 3 N–H and O–H groups in total. The fourth-order valence-electron chi connectivity index (χ4n) is 4.95. The summed E-state index contributed by atoms with van der Waals surface area (Å²) in [6.45, 7) is 1.95. The van der Waals surface area contributed by atoms with Gasteiger partial charge in [-0.15, -0.1) is 0 Å². The predicted octanol–water partition coefficient (Wildman–Crippen LogP) is 3.78. The summed E-state index contributed by atoms with van der Waals surface area (Å²) in [5, 5.41) is 9.51. The number of benzene rings is 1. The Balaban J connectivity index is 1.60. The van der Waals surface area contributed by atoms with Crippen LogP contribution in [-0.4, -0.2) is 51.4 Å². The number of aromatic carboxylic acids is 1. The Labute approximate surface area is 221 Å². The van der Waals surface area contributed by atoms with Gasteiger partial charge in [0.2, 0.25) is 11.3 Å². The van der Waals surface area contributed by atoms with E-state index in [2.05, 4.69) is 9.97 Å². The van der Waals surface area contributed by atoms with E-state index in [1.807, 2.05) is 11.8 Å². The molecule has 202 valence electrons. The van der Waals surface area contributed by atoms with Gasteiger partial charge in [-0.05, 0) is 44.0 Å². The molecule has 1 saturated heterocycles. The first-order chi connectivity index (χ1) is 18.7. The van der Waals surface area contributed by atoms with E-state index in [0.29, 0.717) is 18.5 Å². The standard InChI is InChI=1S/C27H25F2N5O5/c1-14-3-4-16(13-39-26-19(28)5-6-24(32-26)38-2)34(14)22-11-21-17(10-20(22)29)25(35)18(27(36)37)12-33(21)15-7-8-31-23(30)9-15/h5-12,14,16H,3-4,13H2,1-2H3,(H2,30,31)(H,36,37)/t14-,16-/m1/s1. The van der Waals surface area contributed by atoms with Crippen molar-refractivity contribution in [1.29, 1.82) is 0 Å². The second-order valence-electron chi connectivity index (χ2n) is 9.25. The van der Waals surface area contributed by atoms with Crippen molar-refractivity contribution in [2.45, 2.75) is 31.8 Å². The van der Waals surface area contributed by atoms with Crippen molar-refractivity contribution in [1.82, 2.24) is 14.5 Å². The number of halogens is 2. The number of anilines is 2. The van der Waals surface area contributed by atoms with Crippen molar-refractivity contribution in [3.05, 3.63) is 76.2 Å². The van der Waals surface area contributed by atoms with E-state index in [4.69, 9.17) is 15.2 Å². The third kappa shape index (κ3) is 4.80. The van der Waals surface area contributed by atoms with Crippen LogP contribution in [-0.2, 0) is 0 Å². The van der Waals surface area contributed by atoms with Crippen LogP contribution in [0.2, 0.25) is 0 Å². The van der Waals surface area contributed by atoms with Gasteiger partial charge in [-0.1, -0.05) is 0 Å². The van der Waals surface area contributed by atoms with Crippen LogP contribution in [0.25, 0.3) is 16.6 Å². The van der Waals surface area contributed by atoms with Crippen molar-refractivity contribution >= 4 is 28.4 Å². The number of pyridine rings is 3. The van der Waals surface area contributed by atoms with E-state index in [1.165, 1.54) is 48.3 Å². The second-order valence-corrected chi connectivity index (χ2v) is 9.25. The molecule has 0 radical (unpaired) electrons. The van der Waals surface area contributed by atoms with Crippen molar-refractivity contribution in [2.75, 3.05) is 24.4 Å². The smallest absolute Gasteiger partial charge is 0.341 e. The molecule has 2 atom stereocenters. The lowest BCUT2D eigenvalue weighted by Crippen LogP contribution is -2.39. The summed E-state index contributed by atoms with van der Waals surface area (Å²) in [5.74, 6) is -2.64. The van der Waals surface area contributed by atoms with Gasteiger partial charge in [-0.25, -0.2) is 18.6 Å². The maximum atomic E-state index is 15.7. The van der Waals surface area contributed by atoms with E-state index in [9.17, 15) is 19.1 Å². The Morgan fingerprint density at radius 1 is 1.18 bits per heavy atom. The third-order valence-electron chi connectivity index (χ3n) is 6.82. The number of fused-ring (bicyclic) bond motifs is 1. The van der Waals surface area contributed by atoms with Crippen LogP contribution in [0.5, 0.6) is 11.8 Å². The summed E-state index contributed by atoms with van der Waals surface area (Å²) >= 11 is 0. The van der Waals surface area contributed by atoms with Crippen LogP contribution in [0.1, 0.15) is 30.1 Å². The molecule has 0 spiro atoms. The lowest BCUT2D eigenvalue weighted by Gasteiger charge is -2.31. The molecule has 0 bridgehead atoms. The molecule has 0 saturated carbocycles. The number of nitrogens with two attached hydrogens (primary N) is 1. The number of carbonyl (C=O) groups is 1. The highest BCUT2D eigenvalue weighted by molar-refractivity contribution is 5.94. The van der Waals surface area contributed by atoms with Crippen molar-refractivity contribution in [2.24, 2.45) is 0 Å². The van der Waals surface area contributed by atoms with Crippen LogP contribution in [0.15, 0.2) is 53.6 Å². The number of rotatable bonds is 7. The highest BCUT2D eigenvalue weighted by atomic mass is 19.1. The van der Waals surface area contributed by atoms with Gasteiger partial charge in [0, 0.05) is 36.0 Å². The molecular formula is C27H25F2N5O5. The number of nitrogen functional groups attached to an aromatic ring is 1. The summed E-state index contributed by atoms with van der Waals surface area (Å²) in [5.41, 5.74) is 5.44. The van der Waals surface area contributed by atoms with E-state index >= 15 is 4.39 Å². The Hall–Kier alpha value is -4.74. The fourth-order valence-corrected chi connectivity index (χ4v) is 4.95. The molecule has 4 heterocycles. The quantitative estimate of drug-likeness (QED) is 0.361. The molecule has 12 heteroatoms. The number of hydrogen-bond acceptors (Lipinski definition) is 8. The minimum absolute atomic E-state index is 0.0184. The van der Waals surface area contributed by atoms with Crippen molar-refractivity contribution in [3.8, 4) is 17.4 Å². The molecule has 4 aromatic rings. The Morgan fingerprint density at radius 2 is 1.97 bits per heavy atom. The number of carboxylic acid groups (broad SMARTS) is 1. The van der Waals surface area contributed by atoms with Gasteiger partial charge >= 0.3 is 5.97 Å². The minimum Gasteiger partial charge on any atom is -0.481 e. The second kappa shape index (κ2) is 10.2. The average molecular weight is 538 g/mol. The largest absolute Gasteiger partial charge is 0.481 e. The van der Waals surface area contributed by atoms with Crippen molar-refractivity contribution in [3.63, 3.8) is 0 Å². The zero-order valence-electron chi connectivity index (χ0n) is 21.1. The van der Waals surface area contributed by atoms with Gasteiger partial charge < -0.3 is 29.8 Å². The highest BCUT2D eigenvalue weighted by Crippen LogP contribution is 2.35. The highest BCUT2D eigenvalue weighted by Gasteiger charge is 2.34. The third-order valence-corrected chi connectivity index (χ3v) is 6.82. The summed E-state index contributed by atoms with van der Waals surface area (Å²) in [6.07, 6.45) is 3.98. The summed E-state index contributed by atoms with van der Waals surface area (Å²) < 4.78 is 42.1. The number of hydrogen-bond donors (Lipinski definition) is 2. The van der Waals surface area contributed by atoms with E-state index in [1.54, 1.807) is 6.07 Å². The van der Waals surface area contributed by atoms with E-state index < -0.39 is 28.6 Å². The van der Waals surface area contributed by atoms with Gasteiger partial charge in [0.1, 0.15) is 23.8 Å². The Bertz CT molecular complexity index is 1640. The molecule has 0 amide bonds. The lowest BCUT2D eigenvalue weighted by molar-refractivity contribution is 0.0695. The Kier molecular flexibility index (Phi) is 6.77. The summed E-state index contributed by atoms with van der Waals surface area (Å²) in [7, 11) is 1.41. The first-order valence-electron chi connectivity index (χ1n) is 12.1. The molecule has 39 heavy (non-hydrogen) atoms. The average Bonchev–Trinajstić information content (AvgIpc) is 3.28. The molecular weight excluding hydrogens is 512 g/mol. The minimum atomic E-state index is -1.44. The van der Waals surface area contributed by atoms with E-state index in [0.717, 1.165) is 6.07 Å². The molecule has 0 unspecified atom stereocenters. The molecule has 1 aliphatic heterocycles. The van der Waals surface area contributed by atoms with Gasteiger partial charge in [-0.2, -0.15) is 4.98 Å². The van der Waals surface area contributed by atoms with Crippen LogP contribution in [0, 0.1) is 11.6 Å². The molecule has 10 nitrogen and oxygen atoms in total. The first kappa shape index (κ1) is 25.9. The number of aromatic nitrogens is 3. The van der Waals surface area contributed by atoms with E-state index in [-0.39, 0.29) is 52.9 Å². The van der Waals surface area contributed by atoms with Crippen LogP contribution in [0.4, 0.5) is 20.3 Å².